The second kappa shape index (κ2) is 9.58. The molecular weight excluding hydrogens is 428 g/mol. The molecule has 0 aromatic heterocycles. The summed E-state index contributed by atoms with van der Waals surface area (Å²) in [5, 5.41) is 12.1. The zero-order valence-electron chi connectivity index (χ0n) is 15.4. The maximum atomic E-state index is 12.5. The van der Waals surface area contributed by atoms with Crippen molar-refractivity contribution in [1.29, 1.82) is 5.26 Å². The van der Waals surface area contributed by atoms with Gasteiger partial charge in [-0.05, 0) is 51.8 Å². The molecule has 0 aliphatic heterocycles. The lowest BCUT2D eigenvalue weighted by Crippen LogP contribution is -2.14. The van der Waals surface area contributed by atoms with Crippen LogP contribution in [0.2, 0.25) is 0 Å². The van der Waals surface area contributed by atoms with Crippen molar-refractivity contribution in [3.63, 3.8) is 0 Å². The van der Waals surface area contributed by atoms with E-state index in [4.69, 9.17) is 14.2 Å². The zero-order chi connectivity index (χ0) is 20.7. The van der Waals surface area contributed by atoms with E-state index < -0.39 is 11.9 Å². The van der Waals surface area contributed by atoms with Crippen LogP contribution in [0, 0.1) is 11.3 Å². The fourth-order valence-corrected chi connectivity index (χ4v) is 2.86. The second-order valence-electron chi connectivity index (χ2n) is 5.45. The van der Waals surface area contributed by atoms with E-state index in [0.717, 1.165) is 0 Å². The van der Waals surface area contributed by atoms with Crippen molar-refractivity contribution in [2.75, 3.05) is 19.5 Å². The van der Waals surface area contributed by atoms with Gasteiger partial charge >= 0.3 is 5.97 Å². The van der Waals surface area contributed by atoms with Gasteiger partial charge in [-0.3, -0.25) is 9.59 Å². The SMILES string of the molecule is COc1ccccc1NC(=O)/C(C#N)=C/c1cc(Br)c(OC(C)=O)c(OC)c1. The van der Waals surface area contributed by atoms with Crippen LogP contribution in [0.15, 0.2) is 46.4 Å². The summed E-state index contributed by atoms with van der Waals surface area (Å²) in [6, 6.07) is 11.9. The number of hydrogen-bond donors (Lipinski definition) is 1. The summed E-state index contributed by atoms with van der Waals surface area (Å²) >= 11 is 3.30. The van der Waals surface area contributed by atoms with Crippen LogP contribution in [0.5, 0.6) is 17.2 Å². The number of amides is 1. The summed E-state index contributed by atoms with van der Waals surface area (Å²) in [5.41, 5.74) is 0.826. The van der Waals surface area contributed by atoms with E-state index in [9.17, 15) is 14.9 Å². The van der Waals surface area contributed by atoms with Crippen LogP contribution >= 0.6 is 15.9 Å². The van der Waals surface area contributed by atoms with Crippen LogP contribution in [0.25, 0.3) is 6.08 Å². The van der Waals surface area contributed by atoms with Gasteiger partial charge < -0.3 is 19.5 Å². The predicted molar refractivity (Wildman–Crippen MR) is 107 cm³/mol. The van der Waals surface area contributed by atoms with Crippen molar-refractivity contribution in [1.82, 2.24) is 0 Å². The second-order valence-corrected chi connectivity index (χ2v) is 6.31. The number of halogens is 1. The van der Waals surface area contributed by atoms with Gasteiger partial charge in [-0.15, -0.1) is 0 Å². The summed E-state index contributed by atoms with van der Waals surface area (Å²) in [7, 11) is 2.91. The molecule has 1 N–H and O–H groups in total. The molecule has 28 heavy (non-hydrogen) atoms. The van der Waals surface area contributed by atoms with Gasteiger partial charge in [0.15, 0.2) is 11.5 Å². The Morgan fingerprint density at radius 3 is 2.43 bits per heavy atom. The Hall–Kier alpha value is -3.31. The Morgan fingerprint density at radius 1 is 1.14 bits per heavy atom. The summed E-state index contributed by atoms with van der Waals surface area (Å²) in [6.45, 7) is 1.27. The largest absolute Gasteiger partial charge is 0.495 e. The van der Waals surface area contributed by atoms with Gasteiger partial charge in [-0.1, -0.05) is 12.1 Å². The van der Waals surface area contributed by atoms with E-state index >= 15 is 0 Å². The summed E-state index contributed by atoms with van der Waals surface area (Å²) < 4.78 is 16.0. The highest BCUT2D eigenvalue weighted by molar-refractivity contribution is 9.10. The molecule has 0 saturated heterocycles. The molecule has 0 aliphatic rings. The third-order valence-corrected chi connectivity index (χ3v) is 4.12. The number of benzene rings is 2. The molecule has 0 atom stereocenters. The Kier molecular flexibility index (Phi) is 7.18. The number of anilines is 1. The van der Waals surface area contributed by atoms with Crippen LogP contribution in [-0.4, -0.2) is 26.1 Å². The molecule has 2 aromatic rings. The van der Waals surface area contributed by atoms with E-state index in [1.54, 1.807) is 36.4 Å². The lowest BCUT2D eigenvalue weighted by Gasteiger charge is -2.12. The van der Waals surface area contributed by atoms with Gasteiger partial charge in [-0.25, -0.2) is 0 Å². The Balaban J connectivity index is 2.36. The Labute approximate surface area is 170 Å². The molecule has 8 heteroatoms. The smallest absolute Gasteiger partial charge is 0.308 e. The maximum Gasteiger partial charge on any atom is 0.308 e. The van der Waals surface area contributed by atoms with Gasteiger partial charge in [0, 0.05) is 6.92 Å². The fourth-order valence-electron chi connectivity index (χ4n) is 2.32. The van der Waals surface area contributed by atoms with Crippen LogP contribution < -0.4 is 19.5 Å². The van der Waals surface area contributed by atoms with E-state index in [2.05, 4.69) is 21.2 Å². The third kappa shape index (κ3) is 5.11. The minimum absolute atomic E-state index is 0.125. The molecule has 0 saturated carbocycles. The molecule has 7 nitrogen and oxygen atoms in total. The number of nitriles is 1. The van der Waals surface area contributed by atoms with Gasteiger partial charge in [0.05, 0.1) is 24.4 Å². The Bertz CT molecular complexity index is 979. The molecule has 0 spiro atoms. The molecule has 2 aromatic carbocycles. The van der Waals surface area contributed by atoms with Gasteiger partial charge in [-0.2, -0.15) is 5.26 Å². The molecule has 1 amide bonds. The Morgan fingerprint density at radius 2 is 1.82 bits per heavy atom. The average molecular weight is 445 g/mol. The number of ether oxygens (including phenoxy) is 3. The van der Waals surface area contributed by atoms with Crippen LogP contribution in [0.1, 0.15) is 12.5 Å². The molecular formula is C20H17BrN2O5. The molecule has 0 radical (unpaired) electrons. The van der Waals surface area contributed by atoms with Gasteiger partial charge in [0.1, 0.15) is 17.4 Å². The van der Waals surface area contributed by atoms with E-state index in [0.29, 0.717) is 21.5 Å². The number of carbonyl (C=O) groups is 2. The van der Waals surface area contributed by atoms with E-state index in [-0.39, 0.29) is 17.1 Å². The molecule has 2 rings (SSSR count). The van der Waals surface area contributed by atoms with Crippen LogP contribution in [-0.2, 0) is 9.59 Å². The minimum Gasteiger partial charge on any atom is -0.495 e. The monoisotopic (exact) mass is 444 g/mol. The first-order valence-corrected chi connectivity index (χ1v) is 8.81. The van der Waals surface area contributed by atoms with Crippen LogP contribution in [0.4, 0.5) is 5.69 Å². The molecule has 0 heterocycles. The molecule has 0 unspecified atom stereocenters. The first kappa shape index (κ1) is 21.0. The molecule has 0 bridgehead atoms. The molecule has 144 valence electrons. The zero-order valence-corrected chi connectivity index (χ0v) is 17.0. The number of esters is 1. The van der Waals surface area contributed by atoms with Crippen molar-refractivity contribution >= 4 is 39.6 Å². The lowest BCUT2D eigenvalue weighted by molar-refractivity contribution is -0.132. The number of rotatable bonds is 6. The normalized spacial score (nSPS) is 10.6. The van der Waals surface area contributed by atoms with Crippen molar-refractivity contribution in [2.45, 2.75) is 6.92 Å². The summed E-state index contributed by atoms with van der Waals surface area (Å²) in [4.78, 5) is 23.7. The van der Waals surface area contributed by atoms with Gasteiger partial charge in [0.2, 0.25) is 0 Å². The minimum atomic E-state index is -0.592. The number of hydrogen-bond acceptors (Lipinski definition) is 6. The lowest BCUT2D eigenvalue weighted by atomic mass is 10.1. The maximum absolute atomic E-state index is 12.5. The number of carbonyl (C=O) groups excluding carboxylic acids is 2. The number of para-hydroxylation sites is 2. The number of nitrogens with zero attached hydrogens (tertiary/aromatic N) is 1. The van der Waals surface area contributed by atoms with Crippen molar-refractivity contribution in [3.8, 4) is 23.3 Å². The molecule has 0 fully saturated rings. The highest BCUT2D eigenvalue weighted by atomic mass is 79.9. The number of methoxy groups -OCH3 is 2. The topological polar surface area (TPSA) is 97.6 Å². The van der Waals surface area contributed by atoms with E-state index in [1.807, 2.05) is 6.07 Å². The summed E-state index contributed by atoms with van der Waals surface area (Å²) in [6.07, 6.45) is 1.40. The van der Waals surface area contributed by atoms with Crippen molar-refractivity contribution in [2.24, 2.45) is 0 Å². The molecule has 0 aliphatic carbocycles. The van der Waals surface area contributed by atoms with Crippen LogP contribution in [0.3, 0.4) is 0 Å². The van der Waals surface area contributed by atoms with Crippen molar-refractivity contribution < 1.29 is 23.8 Å². The average Bonchev–Trinajstić information content (AvgIpc) is 2.67. The first-order chi connectivity index (χ1) is 13.4. The fraction of sp³-hybridized carbons (Fsp3) is 0.150. The predicted octanol–water partition coefficient (Wildman–Crippen LogP) is 3.94. The first-order valence-electron chi connectivity index (χ1n) is 8.01. The number of nitrogens with one attached hydrogen (secondary N) is 1. The summed E-state index contributed by atoms with van der Waals surface area (Å²) in [5.74, 6) is -0.131. The quantitative estimate of drug-likeness (QED) is 0.313. The third-order valence-electron chi connectivity index (χ3n) is 3.53. The highest BCUT2D eigenvalue weighted by Crippen LogP contribution is 2.37. The van der Waals surface area contributed by atoms with Crippen molar-refractivity contribution in [3.05, 3.63) is 52.0 Å². The standard InChI is InChI=1S/C20H17BrN2O5/c1-12(24)28-19-15(21)9-13(10-18(19)27-3)8-14(11-22)20(25)23-16-6-4-5-7-17(16)26-2/h4-10H,1-3H3,(H,23,25)/b14-8+. The van der Waals surface area contributed by atoms with E-state index in [1.165, 1.54) is 27.2 Å². The van der Waals surface area contributed by atoms with Gasteiger partial charge in [0.25, 0.3) is 5.91 Å². The highest BCUT2D eigenvalue weighted by Gasteiger charge is 2.16.